The van der Waals surface area contributed by atoms with E-state index in [1.54, 1.807) is 0 Å². The van der Waals surface area contributed by atoms with Crippen LogP contribution >= 0.6 is 0 Å². The molecule has 3 N–H and O–H groups in total. The van der Waals surface area contributed by atoms with Gasteiger partial charge in [0.1, 0.15) is 6.20 Å². The molecule has 0 atom stereocenters. The quantitative estimate of drug-likeness (QED) is 0.486. The Bertz CT molecular complexity index is 507. The Morgan fingerprint density at radius 1 is 1.43 bits per heavy atom. The Morgan fingerprint density at radius 2 is 2.05 bits per heavy atom. The van der Waals surface area contributed by atoms with Crippen molar-refractivity contribution in [3.8, 4) is 0 Å². The van der Waals surface area contributed by atoms with Crippen molar-refractivity contribution in [2.45, 2.75) is 39.5 Å². The summed E-state index contributed by atoms with van der Waals surface area (Å²) in [6.45, 7) is 5.96. The second kappa shape index (κ2) is 6.21. The van der Waals surface area contributed by atoms with Crippen LogP contribution in [0, 0.1) is 15.5 Å². The number of hydrogen-bond donors (Lipinski definition) is 2. The average molecular weight is 294 g/mol. The number of aromatic nitrogens is 2. The summed E-state index contributed by atoms with van der Waals surface area (Å²) < 4.78 is 0. The lowest BCUT2D eigenvalue weighted by Gasteiger charge is -2.41. The summed E-state index contributed by atoms with van der Waals surface area (Å²) in [6, 6.07) is 0. The first-order valence-corrected chi connectivity index (χ1v) is 7.28. The number of nitrogen functional groups attached to an aromatic ring is 1. The van der Waals surface area contributed by atoms with Crippen molar-refractivity contribution in [3.05, 3.63) is 16.3 Å². The van der Waals surface area contributed by atoms with E-state index in [4.69, 9.17) is 5.84 Å². The van der Waals surface area contributed by atoms with Gasteiger partial charge in [0.2, 0.25) is 11.8 Å². The number of hydrogen-bond acceptors (Lipinski definition) is 7. The third-order valence-electron chi connectivity index (χ3n) is 4.70. The van der Waals surface area contributed by atoms with Crippen LogP contribution < -0.4 is 16.2 Å². The zero-order valence-corrected chi connectivity index (χ0v) is 12.5. The monoisotopic (exact) mass is 294 g/mol. The van der Waals surface area contributed by atoms with E-state index >= 15 is 0 Å². The van der Waals surface area contributed by atoms with Crippen LogP contribution in [0.3, 0.4) is 0 Å². The summed E-state index contributed by atoms with van der Waals surface area (Å²) in [7, 11) is 0. The standard InChI is InChI=1S/C13H22N6O2/c1-3-13(4-2)5-7-18(8-6-13)11-10(19(20)21)9-15-12(16-11)17-14/h9H,3-8,14H2,1-2H3,(H,15,16,17). The highest BCUT2D eigenvalue weighted by Crippen LogP contribution is 2.40. The van der Waals surface area contributed by atoms with Crippen LogP contribution in [0.2, 0.25) is 0 Å². The first-order valence-electron chi connectivity index (χ1n) is 7.28. The van der Waals surface area contributed by atoms with E-state index in [0.29, 0.717) is 11.2 Å². The molecule has 1 aromatic rings. The SMILES string of the molecule is CCC1(CC)CCN(c2nc(NN)ncc2[N+](=O)[O-])CC1. The highest BCUT2D eigenvalue weighted by Gasteiger charge is 2.34. The van der Waals surface area contributed by atoms with Gasteiger partial charge in [0.25, 0.3) is 0 Å². The molecule has 21 heavy (non-hydrogen) atoms. The number of nitrogens with zero attached hydrogens (tertiary/aromatic N) is 4. The summed E-state index contributed by atoms with van der Waals surface area (Å²) in [4.78, 5) is 20.7. The molecule has 0 aliphatic carbocycles. The number of nitro groups is 1. The van der Waals surface area contributed by atoms with Gasteiger partial charge in [-0.25, -0.2) is 10.8 Å². The summed E-state index contributed by atoms with van der Waals surface area (Å²) in [6.07, 6.45) is 5.52. The van der Waals surface area contributed by atoms with Gasteiger partial charge in [-0.2, -0.15) is 4.98 Å². The summed E-state index contributed by atoms with van der Waals surface area (Å²) >= 11 is 0. The molecule has 8 heteroatoms. The summed E-state index contributed by atoms with van der Waals surface area (Å²) in [5, 5.41) is 11.2. The van der Waals surface area contributed by atoms with Crippen molar-refractivity contribution in [1.29, 1.82) is 0 Å². The molecule has 8 nitrogen and oxygen atoms in total. The molecular weight excluding hydrogens is 272 g/mol. The van der Waals surface area contributed by atoms with Crippen molar-refractivity contribution < 1.29 is 4.92 Å². The Labute approximate surface area is 123 Å². The molecule has 0 unspecified atom stereocenters. The molecule has 1 saturated heterocycles. The maximum absolute atomic E-state index is 11.2. The fourth-order valence-corrected chi connectivity index (χ4v) is 2.95. The van der Waals surface area contributed by atoms with Crippen LogP contribution in [-0.2, 0) is 0 Å². The molecule has 116 valence electrons. The van der Waals surface area contributed by atoms with E-state index in [1.165, 1.54) is 6.20 Å². The van der Waals surface area contributed by atoms with Gasteiger partial charge in [-0.15, -0.1) is 0 Å². The smallest absolute Gasteiger partial charge is 0.329 e. The molecule has 0 aromatic carbocycles. The van der Waals surface area contributed by atoms with Crippen molar-refractivity contribution in [2.75, 3.05) is 23.4 Å². The van der Waals surface area contributed by atoms with E-state index < -0.39 is 4.92 Å². The second-order valence-corrected chi connectivity index (χ2v) is 5.50. The maximum Gasteiger partial charge on any atom is 0.329 e. The van der Waals surface area contributed by atoms with Crippen LogP contribution in [0.25, 0.3) is 0 Å². The third kappa shape index (κ3) is 3.05. The number of anilines is 2. The first-order chi connectivity index (χ1) is 10.0. The van der Waals surface area contributed by atoms with Gasteiger partial charge < -0.3 is 4.90 Å². The van der Waals surface area contributed by atoms with Crippen LogP contribution in [-0.4, -0.2) is 28.0 Å². The lowest BCUT2D eigenvalue weighted by Crippen LogP contribution is -2.40. The van der Waals surface area contributed by atoms with E-state index in [-0.39, 0.29) is 11.6 Å². The highest BCUT2D eigenvalue weighted by molar-refractivity contribution is 5.59. The molecule has 0 bridgehead atoms. The molecule has 0 amide bonds. The van der Waals surface area contributed by atoms with Crippen molar-refractivity contribution >= 4 is 17.5 Å². The number of rotatable bonds is 5. The minimum atomic E-state index is -0.447. The number of piperidine rings is 1. The van der Waals surface area contributed by atoms with Gasteiger partial charge in [-0.3, -0.25) is 15.5 Å². The van der Waals surface area contributed by atoms with Gasteiger partial charge in [-0.05, 0) is 18.3 Å². The Morgan fingerprint density at radius 3 is 2.52 bits per heavy atom. The number of hydrazine groups is 1. The lowest BCUT2D eigenvalue weighted by molar-refractivity contribution is -0.384. The largest absolute Gasteiger partial charge is 0.351 e. The van der Waals surface area contributed by atoms with Crippen LogP contribution in [0.15, 0.2) is 6.20 Å². The minimum Gasteiger partial charge on any atom is -0.351 e. The van der Waals surface area contributed by atoms with Crippen LogP contribution in [0.5, 0.6) is 0 Å². The number of nitrogens with one attached hydrogen (secondary N) is 1. The average Bonchev–Trinajstić information content (AvgIpc) is 2.54. The van der Waals surface area contributed by atoms with Crippen molar-refractivity contribution in [1.82, 2.24) is 9.97 Å². The molecule has 1 aliphatic heterocycles. The summed E-state index contributed by atoms with van der Waals surface area (Å²) in [5.41, 5.74) is 2.62. The fraction of sp³-hybridized carbons (Fsp3) is 0.692. The molecule has 1 fully saturated rings. The predicted molar refractivity (Wildman–Crippen MR) is 81.0 cm³/mol. The predicted octanol–water partition coefficient (Wildman–Crippen LogP) is 2.08. The van der Waals surface area contributed by atoms with Gasteiger partial charge in [-0.1, -0.05) is 26.7 Å². The number of nitrogens with two attached hydrogens (primary N) is 1. The maximum atomic E-state index is 11.2. The third-order valence-corrected chi connectivity index (χ3v) is 4.70. The molecule has 1 aromatic heterocycles. The summed E-state index contributed by atoms with van der Waals surface area (Å²) in [5.74, 6) is 5.84. The van der Waals surface area contributed by atoms with E-state index in [0.717, 1.165) is 38.8 Å². The fourth-order valence-electron chi connectivity index (χ4n) is 2.95. The Balaban J connectivity index is 2.24. The second-order valence-electron chi connectivity index (χ2n) is 5.50. The Hall–Kier alpha value is -1.96. The van der Waals surface area contributed by atoms with Gasteiger partial charge in [0.15, 0.2) is 0 Å². The van der Waals surface area contributed by atoms with Crippen molar-refractivity contribution in [3.63, 3.8) is 0 Å². The van der Waals surface area contributed by atoms with E-state index in [9.17, 15) is 10.1 Å². The van der Waals surface area contributed by atoms with Gasteiger partial charge >= 0.3 is 5.69 Å². The van der Waals surface area contributed by atoms with Crippen molar-refractivity contribution in [2.24, 2.45) is 11.3 Å². The molecule has 0 radical (unpaired) electrons. The molecular formula is C13H22N6O2. The van der Waals surface area contributed by atoms with Crippen LogP contribution in [0.4, 0.5) is 17.5 Å². The van der Waals surface area contributed by atoms with Gasteiger partial charge in [0, 0.05) is 13.1 Å². The van der Waals surface area contributed by atoms with E-state index in [2.05, 4.69) is 29.2 Å². The first kappa shape index (κ1) is 15.4. The molecule has 0 saturated carbocycles. The van der Waals surface area contributed by atoms with Crippen LogP contribution in [0.1, 0.15) is 39.5 Å². The zero-order valence-electron chi connectivity index (χ0n) is 12.5. The molecule has 2 rings (SSSR count). The molecule has 1 aliphatic rings. The lowest BCUT2D eigenvalue weighted by atomic mass is 9.74. The zero-order chi connectivity index (χ0) is 15.5. The van der Waals surface area contributed by atoms with Gasteiger partial charge in [0.05, 0.1) is 4.92 Å². The Kier molecular flexibility index (Phi) is 4.56. The minimum absolute atomic E-state index is 0.0745. The normalized spacial score (nSPS) is 17.6. The molecule has 0 spiro atoms. The topological polar surface area (TPSA) is 110 Å². The molecule has 2 heterocycles. The highest BCUT2D eigenvalue weighted by atomic mass is 16.6. The van der Waals surface area contributed by atoms with E-state index in [1.807, 2.05) is 4.90 Å².